The molecule has 2 unspecified atom stereocenters. The number of carbonyl (C=O) groups is 1. The molecule has 110 valence electrons. The standard InChI is InChI=1S/C12H23N3O3S/c1-19(17,18)14-5-4-13-12(16)8-9-6-10-2-3-11(7-9)15-10/h9-11,14-15H,2-8H2,1H3,(H,13,16). The third-order valence-electron chi connectivity index (χ3n) is 3.86. The maximum Gasteiger partial charge on any atom is 0.220 e. The molecule has 2 heterocycles. The van der Waals surface area contributed by atoms with Crippen molar-refractivity contribution in [1.82, 2.24) is 15.4 Å². The molecule has 3 N–H and O–H groups in total. The number of sulfonamides is 1. The molecular weight excluding hydrogens is 266 g/mol. The number of carbonyl (C=O) groups excluding carboxylic acids is 1. The molecule has 0 spiro atoms. The molecule has 19 heavy (non-hydrogen) atoms. The Morgan fingerprint density at radius 2 is 1.84 bits per heavy atom. The Labute approximate surface area is 114 Å². The molecule has 0 aliphatic carbocycles. The van der Waals surface area contributed by atoms with Gasteiger partial charge in [-0.3, -0.25) is 4.79 Å². The van der Waals surface area contributed by atoms with Crippen LogP contribution in [0.2, 0.25) is 0 Å². The van der Waals surface area contributed by atoms with Crippen molar-refractivity contribution in [3.05, 3.63) is 0 Å². The van der Waals surface area contributed by atoms with E-state index in [0.29, 0.717) is 31.0 Å². The number of hydrogen-bond acceptors (Lipinski definition) is 4. The van der Waals surface area contributed by atoms with Crippen molar-refractivity contribution >= 4 is 15.9 Å². The van der Waals surface area contributed by atoms with Crippen LogP contribution in [0.25, 0.3) is 0 Å². The molecule has 1 amide bonds. The zero-order valence-corrected chi connectivity index (χ0v) is 12.1. The first-order valence-corrected chi connectivity index (χ1v) is 8.79. The summed E-state index contributed by atoms with van der Waals surface area (Å²) in [5.74, 6) is 0.503. The van der Waals surface area contributed by atoms with Crippen LogP contribution in [0.15, 0.2) is 0 Å². The molecule has 2 fully saturated rings. The van der Waals surface area contributed by atoms with Gasteiger partial charge in [-0.15, -0.1) is 0 Å². The van der Waals surface area contributed by atoms with Gasteiger partial charge in [-0.25, -0.2) is 13.1 Å². The van der Waals surface area contributed by atoms with Crippen LogP contribution in [0.4, 0.5) is 0 Å². The normalized spacial score (nSPS) is 30.3. The molecule has 2 rings (SSSR count). The molecule has 2 atom stereocenters. The second kappa shape index (κ2) is 6.19. The van der Waals surface area contributed by atoms with E-state index < -0.39 is 10.0 Å². The average molecular weight is 289 g/mol. The minimum absolute atomic E-state index is 0.0293. The molecule has 6 nitrogen and oxygen atoms in total. The van der Waals surface area contributed by atoms with Gasteiger partial charge in [0, 0.05) is 31.6 Å². The third kappa shape index (κ3) is 5.08. The fourth-order valence-corrected chi connectivity index (χ4v) is 3.59. The highest BCUT2D eigenvalue weighted by Gasteiger charge is 2.33. The van der Waals surface area contributed by atoms with E-state index in [-0.39, 0.29) is 12.5 Å². The number of nitrogens with one attached hydrogen (secondary N) is 3. The van der Waals surface area contributed by atoms with E-state index in [0.717, 1.165) is 19.1 Å². The Hall–Kier alpha value is -0.660. The van der Waals surface area contributed by atoms with Gasteiger partial charge in [0.2, 0.25) is 15.9 Å². The summed E-state index contributed by atoms with van der Waals surface area (Å²) in [6.07, 6.45) is 6.33. The Morgan fingerprint density at radius 3 is 2.42 bits per heavy atom. The highest BCUT2D eigenvalue weighted by atomic mass is 32.2. The van der Waals surface area contributed by atoms with Gasteiger partial charge in [-0.1, -0.05) is 0 Å². The zero-order chi connectivity index (χ0) is 13.9. The number of amides is 1. The quantitative estimate of drug-likeness (QED) is 0.579. The summed E-state index contributed by atoms with van der Waals surface area (Å²) in [4.78, 5) is 11.8. The molecule has 2 saturated heterocycles. The van der Waals surface area contributed by atoms with Crippen molar-refractivity contribution in [1.29, 1.82) is 0 Å². The summed E-state index contributed by atoms with van der Waals surface area (Å²) in [6.45, 7) is 0.603. The number of fused-ring (bicyclic) bond motifs is 2. The van der Waals surface area contributed by atoms with E-state index in [2.05, 4.69) is 15.4 Å². The van der Waals surface area contributed by atoms with Crippen LogP contribution >= 0.6 is 0 Å². The van der Waals surface area contributed by atoms with Gasteiger partial charge in [-0.05, 0) is 31.6 Å². The summed E-state index contributed by atoms with van der Waals surface area (Å²) in [7, 11) is -3.17. The number of hydrogen-bond donors (Lipinski definition) is 3. The first-order valence-electron chi connectivity index (χ1n) is 6.90. The predicted octanol–water partition coefficient (Wildman–Crippen LogP) is -0.427. The summed E-state index contributed by atoms with van der Waals surface area (Å²) >= 11 is 0. The van der Waals surface area contributed by atoms with Crippen LogP contribution in [0.1, 0.15) is 32.1 Å². The molecule has 0 aromatic rings. The van der Waals surface area contributed by atoms with Crippen molar-refractivity contribution in [2.45, 2.75) is 44.2 Å². The molecular formula is C12H23N3O3S. The van der Waals surface area contributed by atoms with Gasteiger partial charge in [0.05, 0.1) is 6.26 Å². The van der Waals surface area contributed by atoms with Gasteiger partial charge < -0.3 is 10.6 Å². The highest BCUT2D eigenvalue weighted by Crippen LogP contribution is 2.32. The second-order valence-electron chi connectivity index (χ2n) is 5.70. The van der Waals surface area contributed by atoms with Crippen LogP contribution in [0.3, 0.4) is 0 Å². The van der Waals surface area contributed by atoms with Crippen LogP contribution in [-0.4, -0.2) is 45.8 Å². The monoisotopic (exact) mass is 289 g/mol. The lowest BCUT2D eigenvalue weighted by Crippen LogP contribution is -2.40. The lowest BCUT2D eigenvalue weighted by atomic mass is 9.89. The molecule has 7 heteroatoms. The van der Waals surface area contributed by atoms with E-state index >= 15 is 0 Å². The first-order chi connectivity index (χ1) is 8.92. The SMILES string of the molecule is CS(=O)(=O)NCCNC(=O)CC1CC2CCC(C1)N2. The second-order valence-corrected chi connectivity index (χ2v) is 7.53. The van der Waals surface area contributed by atoms with Gasteiger partial charge in [0.1, 0.15) is 0 Å². The van der Waals surface area contributed by atoms with Crippen molar-refractivity contribution in [3.63, 3.8) is 0 Å². The Balaban J connectivity index is 1.62. The molecule has 0 saturated carbocycles. The van der Waals surface area contributed by atoms with Crippen molar-refractivity contribution < 1.29 is 13.2 Å². The number of rotatable bonds is 6. The lowest BCUT2D eigenvalue weighted by molar-refractivity contribution is -0.122. The van der Waals surface area contributed by atoms with Crippen molar-refractivity contribution in [2.24, 2.45) is 5.92 Å². The summed E-state index contributed by atoms with van der Waals surface area (Å²) in [5.41, 5.74) is 0. The molecule has 0 radical (unpaired) electrons. The van der Waals surface area contributed by atoms with E-state index in [1.54, 1.807) is 0 Å². The van der Waals surface area contributed by atoms with E-state index in [1.807, 2.05) is 0 Å². The molecule has 2 bridgehead atoms. The van der Waals surface area contributed by atoms with Crippen LogP contribution in [0.5, 0.6) is 0 Å². The van der Waals surface area contributed by atoms with Gasteiger partial charge in [0.25, 0.3) is 0 Å². The maximum atomic E-state index is 11.8. The van der Waals surface area contributed by atoms with Gasteiger partial charge >= 0.3 is 0 Å². The van der Waals surface area contributed by atoms with E-state index in [9.17, 15) is 13.2 Å². The molecule has 2 aliphatic heterocycles. The van der Waals surface area contributed by atoms with Crippen molar-refractivity contribution in [3.8, 4) is 0 Å². The van der Waals surface area contributed by atoms with E-state index in [1.165, 1.54) is 12.8 Å². The largest absolute Gasteiger partial charge is 0.355 e. The Kier molecular flexibility index (Phi) is 4.81. The Bertz CT molecular complexity index is 412. The summed E-state index contributed by atoms with van der Waals surface area (Å²) in [6, 6.07) is 1.20. The molecule has 0 aromatic heterocycles. The predicted molar refractivity (Wildman–Crippen MR) is 73.1 cm³/mol. The zero-order valence-electron chi connectivity index (χ0n) is 11.3. The molecule has 0 aromatic carbocycles. The van der Waals surface area contributed by atoms with Crippen LogP contribution < -0.4 is 15.4 Å². The fraction of sp³-hybridized carbons (Fsp3) is 0.917. The Morgan fingerprint density at radius 1 is 1.21 bits per heavy atom. The van der Waals surface area contributed by atoms with Gasteiger partial charge in [-0.2, -0.15) is 0 Å². The minimum Gasteiger partial charge on any atom is -0.355 e. The fourth-order valence-electron chi connectivity index (χ4n) is 3.11. The highest BCUT2D eigenvalue weighted by molar-refractivity contribution is 7.88. The summed E-state index contributed by atoms with van der Waals surface area (Å²) in [5, 5.41) is 6.32. The molecule has 2 aliphatic rings. The van der Waals surface area contributed by atoms with Crippen molar-refractivity contribution in [2.75, 3.05) is 19.3 Å². The smallest absolute Gasteiger partial charge is 0.220 e. The third-order valence-corrected chi connectivity index (χ3v) is 4.58. The minimum atomic E-state index is -3.17. The van der Waals surface area contributed by atoms with Gasteiger partial charge in [0.15, 0.2) is 0 Å². The number of piperidine rings is 1. The van der Waals surface area contributed by atoms with Crippen LogP contribution in [-0.2, 0) is 14.8 Å². The summed E-state index contributed by atoms with van der Waals surface area (Å²) < 4.78 is 24.0. The van der Waals surface area contributed by atoms with Crippen LogP contribution in [0, 0.1) is 5.92 Å². The lowest BCUT2D eigenvalue weighted by Gasteiger charge is -2.28. The average Bonchev–Trinajstić information content (AvgIpc) is 2.63. The maximum absolute atomic E-state index is 11.8. The topological polar surface area (TPSA) is 87.3 Å². The first kappa shape index (κ1) is 14.7. The van der Waals surface area contributed by atoms with E-state index in [4.69, 9.17) is 0 Å².